The van der Waals surface area contributed by atoms with E-state index in [0.29, 0.717) is 37.2 Å². The Morgan fingerprint density at radius 2 is 1.88 bits per heavy atom. The molecule has 0 bridgehead atoms. The van der Waals surface area contributed by atoms with Crippen molar-refractivity contribution < 1.29 is 33.3 Å². The van der Waals surface area contributed by atoms with Crippen LogP contribution in [-0.2, 0) is 39.7 Å². The summed E-state index contributed by atoms with van der Waals surface area (Å²) in [6.07, 6.45) is 3.28. The highest BCUT2D eigenvalue weighted by Crippen LogP contribution is 2.37. The summed E-state index contributed by atoms with van der Waals surface area (Å²) in [4.78, 5) is 55.6. The fourth-order valence-corrected chi connectivity index (χ4v) is 4.55. The lowest BCUT2D eigenvalue weighted by Crippen LogP contribution is -2.35. The summed E-state index contributed by atoms with van der Waals surface area (Å²) in [6.45, 7) is 6.01. The summed E-state index contributed by atoms with van der Waals surface area (Å²) in [5.41, 5.74) is 0.350. The number of thiol groups is 2. The van der Waals surface area contributed by atoms with E-state index in [9.17, 15) is 19.2 Å². The molecule has 1 aliphatic heterocycles. The zero-order valence-electron chi connectivity index (χ0n) is 19.6. The van der Waals surface area contributed by atoms with Crippen LogP contribution >= 0.6 is 31.5 Å². The van der Waals surface area contributed by atoms with Crippen LogP contribution in [0.2, 0.25) is 0 Å². The second-order valence-electron chi connectivity index (χ2n) is 7.88. The topological polar surface area (TPSA) is 124 Å². The Hall–Kier alpha value is -1.72. The maximum absolute atomic E-state index is 11.9. The molecule has 1 aliphatic rings. The van der Waals surface area contributed by atoms with E-state index in [1.807, 2.05) is 38.7 Å². The Balaban J connectivity index is 0.00000281. The number of nitrogens with one attached hydrogen (secondary N) is 1. The van der Waals surface area contributed by atoms with Gasteiger partial charge in [-0.2, -0.15) is 0 Å². The molecule has 1 fully saturated rings. The fourth-order valence-electron chi connectivity index (χ4n) is 2.97. The Morgan fingerprint density at radius 1 is 1.21 bits per heavy atom. The largest absolute Gasteiger partial charge is 0.373 e. The molecule has 0 saturated carbocycles. The van der Waals surface area contributed by atoms with E-state index in [2.05, 4.69) is 33.6 Å². The number of amides is 3. The first kappa shape index (κ1) is 30.3. The average molecular weight is 534 g/mol. The van der Waals surface area contributed by atoms with E-state index in [1.54, 1.807) is 6.20 Å². The molecule has 3 amide bonds. The standard InChI is InChI=1S/C21H30N3O7P.H2S2/c1-21(2,29-13-12-23-17(25)8-7-16-6-4-5-11-22-16)15-32(3)30-14-20(28)31-24-18(26)9-10-19(24)27;1-2/h4-6,11H,7-10,12-15H2,1-3H3,(H,23,25);1-2H. The molecule has 1 aromatic rings. The van der Waals surface area contributed by atoms with Crippen LogP contribution in [0.5, 0.6) is 0 Å². The Labute approximate surface area is 211 Å². The number of imide groups is 1. The smallest absolute Gasteiger partial charge is 0.358 e. The molecule has 13 heteroatoms. The van der Waals surface area contributed by atoms with E-state index in [-0.39, 0.29) is 25.4 Å². The molecular formula is C21H32N3O7PS2. The van der Waals surface area contributed by atoms with Gasteiger partial charge in [0.15, 0.2) is 6.61 Å². The monoisotopic (exact) mass is 533 g/mol. The van der Waals surface area contributed by atoms with Crippen molar-refractivity contribution in [2.45, 2.75) is 45.1 Å². The van der Waals surface area contributed by atoms with Gasteiger partial charge >= 0.3 is 5.97 Å². The number of aromatic nitrogens is 1. The predicted molar refractivity (Wildman–Crippen MR) is 134 cm³/mol. The normalized spacial score (nSPS) is 14.3. The number of nitrogens with zero attached hydrogens (tertiary/aromatic N) is 2. The van der Waals surface area contributed by atoms with E-state index in [1.165, 1.54) is 0 Å². The number of ether oxygens (including phenoxy) is 1. The van der Waals surface area contributed by atoms with E-state index >= 15 is 0 Å². The van der Waals surface area contributed by atoms with Gasteiger partial charge in [0.05, 0.1) is 12.2 Å². The van der Waals surface area contributed by atoms with Gasteiger partial charge in [0.1, 0.15) is 0 Å². The third kappa shape index (κ3) is 12.1. The molecule has 0 spiro atoms. The zero-order chi connectivity index (χ0) is 25.6. The number of pyridine rings is 1. The number of carbonyl (C=O) groups is 4. The minimum atomic E-state index is -1.01. The van der Waals surface area contributed by atoms with Crippen molar-refractivity contribution >= 4 is 55.2 Å². The average Bonchev–Trinajstić information content (AvgIpc) is 3.13. The van der Waals surface area contributed by atoms with Crippen LogP contribution < -0.4 is 5.32 Å². The first-order valence-corrected chi connectivity index (χ1v) is 14.1. The van der Waals surface area contributed by atoms with Crippen molar-refractivity contribution in [1.82, 2.24) is 15.4 Å². The maximum atomic E-state index is 11.9. The van der Waals surface area contributed by atoms with Gasteiger partial charge in [-0.15, -0.1) is 28.4 Å². The lowest BCUT2D eigenvalue weighted by Gasteiger charge is -2.28. The minimum absolute atomic E-state index is 0.0453. The van der Waals surface area contributed by atoms with Gasteiger partial charge in [-0.3, -0.25) is 19.4 Å². The maximum Gasteiger partial charge on any atom is 0.358 e. The summed E-state index contributed by atoms with van der Waals surface area (Å²) < 4.78 is 11.4. The Bertz CT molecular complexity index is 799. The van der Waals surface area contributed by atoms with Gasteiger partial charge in [0, 0.05) is 52.0 Å². The van der Waals surface area contributed by atoms with Crippen molar-refractivity contribution in [2.75, 3.05) is 32.6 Å². The number of carbonyl (C=O) groups excluding carboxylic acids is 4. The second-order valence-corrected chi connectivity index (χ2v) is 9.71. The van der Waals surface area contributed by atoms with Crippen molar-refractivity contribution in [3.63, 3.8) is 0 Å². The van der Waals surface area contributed by atoms with Gasteiger partial charge in [0.25, 0.3) is 11.8 Å². The van der Waals surface area contributed by atoms with Gasteiger partial charge in [-0.25, -0.2) is 4.79 Å². The summed E-state index contributed by atoms with van der Waals surface area (Å²) in [5, 5.41) is 3.32. The van der Waals surface area contributed by atoms with E-state index in [4.69, 9.17) is 14.1 Å². The molecule has 2 rings (SSSR count). The van der Waals surface area contributed by atoms with Crippen molar-refractivity contribution in [3.05, 3.63) is 30.1 Å². The predicted octanol–water partition coefficient (Wildman–Crippen LogP) is 2.34. The minimum Gasteiger partial charge on any atom is -0.373 e. The summed E-state index contributed by atoms with van der Waals surface area (Å²) in [7, 11) is -1.01. The molecule has 2 heterocycles. The fraction of sp³-hybridized carbons (Fsp3) is 0.571. The van der Waals surface area contributed by atoms with Gasteiger partial charge in [-0.1, -0.05) is 6.07 Å². The first-order valence-electron chi connectivity index (χ1n) is 10.6. The highest BCUT2D eigenvalue weighted by Gasteiger charge is 2.33. The van der Waals surface area contributed by atoms with Crippen molar-refractivity contribution in [1.29, 1.82) is 0 Å². The highest BCUT2D eigenvalue weighted by atomic mass is 33.1. The number of hydroxylamine groups is 2. The zero-order valence-corrected chi connectivity index (χ0v) is 22.2. The van der Waals surface area contributed by atoms with Crippen molar-refractivity contribution in [3.8, 4) is 0 Å². The quantitative estimate of drug-likeness (QED) is 0.116. The van der Waals surface area contributed by atoms with Crippen LogP contribution in [0.3, 0.4) is 0 Å². The molecule has 0 aromatic carbocycles. The van der Waals surface area contributed by atoms with E-state index < -0.39 is 31.5 Å². The molecule has 1 unspecified atom stereocenters. The molecule has 10 nitrogen and oxygen atoms in total. The third-order valence-electron chi connectivity index (χ3n) is 4.46. The highest BCUT2D eigenvalue weighted by molar-refractivity contribution is 8.59. The lowest BCUT2D eigenvalue weighted by molar-refractivity contribution is -0.198. The SMILES string of the molecule is CP(CC(C)(C)OCCNC(=O)CCc1ccccn1)OCC(=O)ON1C(=O)CCC1=O.SS. The second kappa shape index (κ2) is 16.0. The van der Waals surface area contributed by atoms with Crippen LogP contribution in [0, 0.1) is 0 Å². The van der Waals surface area contributed by atoms with Crippen molar-refractivity contribution in [2.24, 2.45) is 0 Å². The number of aryl methyl sites for hydroxylation is 1. The number of hydrogen-bond acceptors (Lipinski definition) is 10. The van der Waals surface area contributed by atoms with Crippen LogP contribution in [-0.4, -0.2) is 71.9 Å². The molecule has 1 atom stereocenters. The van der Waals surface area contributed by atoms with Crippen LogP contribution in [0.4, 0.5) is 0 Å². The van der Waals surface area contributed by atoms with Gasteiger partial charge in [0.2, 0.25) is 5.91 Å². The first-order chi connectivity index (χ1) is 16.2. The van der Waals surface area contributed by atoms with Gasteiger partial charge < -0.3 is 19.4 Å². The molecule has 1 aromatic heterocycles. The molecular weight excluding hydrogens is 501 g/mol. The molecule has 190 valence electrons. The molecule has 34 heavy (non-hydrogen) atoms. The third-order valence-corrected chi connectivity index (χ3v) is 6.23. The summed E-state index contributed by atoms with van der Waals surface area (Å²) >= 11 is 6.44. The number of hydrogen-bond donors (Lipinski definition) is 3. The van der Waals surface area contributed by atoms with Crippen LogP contribution in [0.15, 0.2) is 24.4 Å². The van der Waals surface area contributed by atoms with Crippen LogP contribution in [0.25, 0.3) is 0 Å². The molecule has 0 aliphatic carbocycles. The van der Waals surface area contributed by atoms with Crippen LogP contribution in [0.1, 0.15) is 38.8 Å². The Kier molecular flexibility index (Phi) is 14.3. The summed E-state index contributed by atoms with van der Waals surface area (Å²) in [6, 6.07) is 5.61. The molecule has 1 N–H and O–H groups in total. The molecule has 0 radical (unpaired) electrons. The van der Waals surface area contributed by atoms with E-state index in [0.717, 1.165) is 5.69 Å². The lowest BCUT2D eigenvalue weighted by atomic mass is 10.2. The molecule has 1 saturated heterocycles. The number of rotatable bonds is 13. The summed E-state index contributed by atoms with van der Waals surface area (Å²) in [5.74, 6) is -1.91. The van der Waals surface area contributed by atoms with Gasteiger partial charge in [-0.05, 0) is 39.1 Å². The Morgan fingerprint density at radius 3 is 2.50 bits per heavy atom.